The Bertz CT molecular complexity index is 468. The lowest BCUT2D eigenvalue weighted by molar-refractivity contribution is -0.145. The molecule has 0 saturated heterocycles. The van der Waals surface area contributed by atoms with Gasteiger partial charge >= 0.3 is 5.97 Å². The molecule has 0 heterocycles. The van der Waals surface area contributed by atoms with Crippen molar-refractivity contribution >= 4 is 23.1 Å². The van der Waals surface area contributed by atoms with E-state index < -0.39 is 5.92 Å². The highest BCUT2D eigenvalue weighted by molar-refractivity contribution is 7.81. The van der Waals surface area contributed by atoms with Crippen LogP contribution >= 0.6 is 12.2 Å². The summed E-state index contributed by atoms with van der Waals surface area (Å²) in [6, 6.07) is 7.38. The van der Waals surface area contributed by atoms with Crippen LogP contribution in [0.25, 0.3) is 0 Å². The van der Waals surface area contributed by atoms with Crippen molar-refractivity contribution in [1.82, 2.24) is 0 Å². The van der Waals surface area contributed by atoms with Gasteiger partial charge < -0.3 is 9.47 Å². The summed E-state index contributed by atoms with van der Waals surface area (Å²) in [7, 11) is 1.58. The molecular weight excluding hydrogens is 260 g/mol. The van der Waals surface area contributed by atoms with Crippen molar-refractivity contribution in [1.29, 1.82) is 0 Å². The first-order valence-electron chi connectivity index (χ1n) is 6.10. The lowest BCUT2D eigenvalue weighted by atomic mass is 9.95. The minimum absolute atomic E-state index is 0.321. The minimum Gasteiger partial charge on any atom is -0.496 e. The van der Waals surface area contributed by atoms with Crippen molar-refractivity contribution in [2.24, 2.45) is 5.92 Å². The van der Waals surface area contributed by atoms with Gasteiger partial charge in [-0.15, -0.1) is 6.58 Å². The second-order valence-electron chi connectivity index (χ2n) is 3.89. The molecule has 102 valence electrons. The molecule has 1 aromatic carbocycles. The highest BCUT2D eigenvalue weighted by Crippen LogP contribution is 2.24. The van der Waals surface area contributed by atoms with Crippen LogP contribution in [0.5, 0.6) is 5.75 Å². The summed E-state index contributed by atoms with van der Waals surface area (Å²) < 4.78 is 10.3. The SMILES string of the molecule is C=CCC(C(=O)OCC)C(=S)c1ccccc1OC. The highest BCUT2D eigenvalue weighted by Gasteiger charge is 2.25. The molecule has 0 amide bonds. The standard InChI is InChI=1S/C15H18O3S/c1-4-8-12(15(16)18-5-2)14(19)11-9-6-7-10-13(11)17-3/h4,6-7,9-10,12H,1,5,8H2,2-3H3. The summed E-state index contributed by atoms with van der Waals surface area (Å²) in [6.45, 7) is 5.77. The molecule has 0 aliphatic rings. The van der Waals surface area contributed by atoms with Crippen molar-refractivity contribution in [2.45, 2.75) is 13.3 Å². The Hall–Kier alpha value is -1.68. The third-order valence-corrected chi connectivity index (χ3v) is 3.17. The number of hydrogen-bond donors (Lipinski definition) is 0. The van der Waals surface area contributed by atoms with Crippen molar-refractivity contribution < 1.29 is 14.3 Å². The Balaban J connectivity index is 3.05. The van der Waals surface area contributed by atoms with Crippen LogP contribution in [0.1, 0.15) is 18.9 Å². The second kappa shape index (κ2) is 7.69. The third kappa shape index (κ3) is 3.89. The van der Waals surface area contributed by atoms with Gasteiger partial charge in [-0.3, -0.25) is 4.79 Å². The number of carbonyl (C=O) groups excluding carboxylic acids is 1. The number of methoxy groups -OCH3 is 1. The number of benzene rings is 1. The molecule has 0 fully saturated rings. The number of para-hydroxylation sites is 1. The summed E-state index contributed by atoms with van der Waals surface area (Å²) >= 11 is 5.42. The number of hydrogen-bond acceptors (Lipinski definition) is 4. The molecule has 1 rings (SSSR count). The maximum Gasteiger partial charge on any atom is 0.314 e. The average molecular weight is 278 g/mol. The largest absolute Gasteiger partial charge is 0.496 e. The van der Waals surface area contributed by atoms with E-state index in [2.05, 4.69) is 6.58 Å². The molecule has 19 heavy (non-hydrogen) atoms. The number of carbonyl (C=O) groups is 1. The first-order chi connectivity index (χ1) is 9.15. The first kappa shape index (κ1) is 15.4. The predicted molar refractivity (Wildman–Crippen MR) is 79.6 cm³/mol. The molecule has 0 aromatic heterocycles. The molecule has 0 spiro atoms. The van der Waals surface area contributed by atoms with Crippen LogP contribution in [-0.4, -0.2) is 24.6 Å². The molecule has 1 atom stereocenters. The number of rotatable bonds is 7. The molecule has 0 N–H and O–H groups in total. The topological polar surface area (TPSA) is 35.5 Å². The number of allylic oxidation sites excluding steroid dienone is 1. The van der Waals surface area contributed by atoms with Gasteiger partial charge in [0.05, 0.1) is 19.6 Å². The van der Waals surface area contributed by atoms with Crippen LogP contribution in [0.4, 0.5) is 0 Å². The van der Waals surface area contributed by atoms with Gasteiger partial charge in [-0.2, -0.15) is 0 Å². The van der Waals surface area contributed by atoms with Gasteiger partial charge in [0.1, 0.15) is 5.75 Å². The Labute approximate surface area is 119 Å². The lowest BCUT2D eigenvalue weighted by Crippen LogP contribution is -2.25. The van der Waals surface area contributed by atoms with Gasteiger partial charge in [-0.25, -0.2) is 0 Å². The molecular formula is C15H18O3S. The fourth-order valence-corrected chi connectivity index (χ4v) is 2.12. The Morgan fingerprint density at radius 1 is 1.47 bits per heavy atom. The van der Waals surface area contributed by atoms with Crippen molar-refractivity contribution in [3.8, 4) is 5.75 Å². The highest BCUT2D eigenvalue weighted by atomic mass is 32.1. The van der Waals surface area contributed by atoms with Gasteiger partial charge in [0.15, 0.2) is 0 Å². The summed E-state index contributed by atoms with van der Waals surface area (Å²) in [6.07, 6.45) is 2.12. The number of ether oxygens (including phenoxy) is 2. The predicted octanol–water partition coefficient (Wildman–Crippen LogP) is 3.17. The molecule has 0 bridgehead atoms. The molecule has 0 aliphatic carbocycles. The van der Waals surface area contributed by atoms with Crippen LogP contribution in [-0.2, 0) is 9.53 Å². The van der Waals surface area contributed by atoms with Gasteiger partial charge in [-0.1, -0.05) is 36.5 Å². The van der Waals surface area contributed by atoms with E-state index >= 15 is 0 Å². The molecule has 1 unspecified atom stereocenters. The maximum absolute atomic E-state index is 11.9. The second-order valence-corrected chi connectivity index (χ2v) is 4.33. The van der Waals surface area contributed by atoms with E-state index in [4.69, 9.17) is 21.7 Å². The van der Waals surface area contributed by atoms with Gasteiger partial charge in [0, 0.05) is 10.4 Å². The van der Waals surface area contributed by atoms with Crippen LogP contribution in [0.15, 0.2) is 36.9 Å². The average Bonchev–Trinajstić information content (AvgIpc) is 2.44. The molecule has 4 heteroatoms. The fourth-order valence-electron chi connectivity index (χ4n) is 1.76. The van der Waals surface area contributed by atoms with E-state index in [-0.39, 0.29) is 5.97 Å². The lowest BCUT2D eigenvalue weighted by Gasteiger charge is -2.17. The van der Waals surface area contributed by atoms with Crippen LogP contribution in [0.3, 0.4) is 0 Å². The smallest absolute Gasteiger partial charge is 0.314 e. The van der Waals surface area contributed by atoms with Gasteiger partial charge in [-0.05, 0) is 19.4 Å². The number of thiocarbonyl (C=S) groups is 1. The van der Waals surface area contributed by atoms with Crippen LogP contribution in [0, 0.1) is 5.92 Å². The van der Waals surface area contributed by atoms with E-state index in [9.17, 15) is 4.79 Å². The third-order valence-electron chi connectivity index (χ3n) is 2.66. The monoisotopic (exact) mass is 278 g/mol. The molecule has 0 radical (unpaired) electrons. The van der Waals surface area contributed by atoms with E-state index in [1.807, 2.05) is 24.3 Å². The van der Waals surface area contributed by atoms with E-state index in [1.165, 1.54) is 0 Å². The van der Waals surface area contributed by atoms with Crippen LogP contribution in [0.2, 0.25) is 0 Å². The first-order valence-corrected chi connectivity index (χ1v) is 6.51. The summed E-state index contributed by atoms with van der Waals surface area (Å²) in [5.41, 5.74) is 0.750. The van der Waals surface area contributed by atoms with Gasteiger partial charge in [0.2, 0.25) is 0 Å². The fraction of sp³-hybridized carbons (Fsp3) is 0.333. The Morgan fingerprint density at radius 2 is 2.16 bits per heavy atom. The Kier molecular flexibility index (Phi) is 6.22. The van der Waals surface area contributed by atoms with E-state index in [0.717, 1.165) is 5.56 Å². The van der Waals surface area contributed by atoms with Crippen molar-refractivity contribution in [3.05, 3.63) is 42.5 Å². The summed E-state index contributed by atoms with van der Waals surface area (Å²) in [4.78, 5) is 12.5. The molecule has 0 saturated carbocycles. The van der Waals surface area contributed by atoms with Crippen molar-refractivity contribution in [3.63, 3.8) is 0 Å². The summed E-state index contributed by atoms with van der Waals surface area (Å²) in [5, 5.41) is 0. The normalized spacial score (nSPS) is 11.5. The minimum atomic E-state index is -0.497. The Morgan fingerprint density at radius 3 is 2.74 bits per heavy atom. The maximum atomic E-state index is 11.9. The zero-order chi connectivity index (χ0) is 14.3. The molecule has 3 nitrogen and oxygen atoms in total. The molecule has 0 aliphatic heterocycles. The number of esters is 1. The van der Waals surface area contributed by atoms with Gasteiger partial charge in [0.25, 0.3) is 0 Å². The van der Waals surface area contributed by atoms with Crippen molar-refractivity contribution in [2.75, 3.05) is 13.7 Å². The zero-order valence-corrected chi connectivity index (χ0v) is 12.0. The van der Waals surface area contributed by atoms with Crippen LogP contribution < -0.4 is 4.74 Å². The van der Waals surface area contributed by atoms with E-state index in [0.29, 0.717) is 23.6 Å². The summed E-state index contributed by atoms with van der Waals surface area (Å²) in [5.74, 6) is -0.159. The van der Waals surface area contributed by atoms with E-state index in [1.54, 1.807) is 20.1 Å². The quantitative estimate of drug-likeness (QED) is 0.332. The zero-order valence-electron chi connectivity index (χ0n) is 11.2. The molecule has 1 aromatic rings.